The highest BCUT2D eigenvalue weighted by molar-refractivity contribution is 5.43. The van der Waals surface area contributed by atoms with Crippen molar-refractivity contribution in [3.05, 3.63) is 41.9 Å². The molecule has 0 saturated heterocycles. The van der Waals surface area contributed by atoms with Crippen molar-refractivity contribution in [2.24, 2.45) is 0 Å². The molecule has 0 fully saturated rings. The standard InChI is InChI=1S/C14H16F3N5O/c15-14(16,17)11-9-12(22-13(21-11)20-7-8-23)19-6-3-10-1-4-18-5-2-10/h1-2,4-5,9,23H,3,6-8H2,(H2,19,20,21,22). The summed E-state index contributed by atoms with van der Waals surface area (Å²) in [6.45, 7) is 0.250. The second-order valence-corrected chi connectivity index (χ2v) is 4.64. The maximum absolute atomic E-state index is 12.9. The van der Waals surface area contributed by atoms with E-state index in [0.717, 1.165) is 11.6 Å². The second-order valence-electron chi connectivity index (χ2n) is 4.64. The molecule has 0 aliphatic heterocycles. The van der Waals surface area contributed by atoms with Gasteiger partial charge in [0.15, 0.2) is 5.69 Å². The highest BCUT2D eigenvalue weighted by atomic mass is 19.4. The van der Waals surface area contributed by atoms with Crippen molar-refractivity contribution >= 4 is 11.8 Å². The fraction of sp³-hybridized carbons (Fsp3) is 0.357. The van der Waals surface area contributed by atoms with E-state index in [1.807, 2.05) is 12.1 Å². The number of anilines is 2. The van der Waals surface area contributed by atoms with Crippen LogP contribution in [0.4, 0.5) is 24.9 Å². The van der Waals surface area contributed by atoms with Crippen LogP contribution in [0.5, 0.6) is 0 Å². The fourth-order valence-corrected chi connectivity index (χ4v) is 1.81. The van der Waals surface area contributed by atoms with Crippen LogP contribution in [0, 0.1) is 0 Å². The van der Waals surface area contributed by atoms with E-state index in [9.17, 15) is 13.2 Å². The zero-order valence-electron chi connectivity index (χ0n) is 12.1. The molecule has 0 bridgehead atoms. The summed E-state index contributed by atoms with van der Waals surface area (Å²) in [6.07, 6.45) is -0.648. The van der Waals surface area contributed by atoms with Crippen LogP contribution in [0.3, 0.4) is 0 Å². The van der Waals surface area contributed by atoms with Crippen LogP contribution in [-0.2, 0) is 12.6 Å². The number of aliphatic hydroxyl groups is 1. The number of aromatic nitrogens is 3. The number of aliphatic hydroxyl groups excluding tert-OH is 1. The molecule has 2 heterocycles. The molecule has 0 aliphatic rings. The topological polar surface area (TPSA) is 83.0 Å². The van der Waals surface area contributed by atoms with Gasteiger partial charge in [0.25, 0.3) is 0 Å². The Kier molecular flexibility index (Phi) is 5.69. The summed E-state index contributed by atoms with van der Waals surface area (Å²) in [5, 5.41) is 14.1. The smallest absolute Gasteiger partial charge is 0.395 e. The van der Waals surface area contributed by atoms with Gasteiger partial charge in [-0.1, -0.05) is 0 Å². The van der Waals surface area contributed by atoms with E-state index < -0.39 is 11.9 Å². The van der Waals surface area contributed by atoms with E-state index in [1.165, 1.54) is 0 Å². The molecule has 0 unspecified atom stereocenters. The number of rotatable bonds is 7. The Morgan fingerprint density at radius 3 is 2.43 bits per heavy atom. The van der Waals surface area contributed by atoms with Gasteiger partial charge < -0.3 is 15.7 Å². The predicted molar refractivity (Wildman–Crippen MR) is 79.0 cm³/mol. The molecule has 0 radical (unpaired) electrons. The van der Waals surface area contributed by atoms with E-state index in [0.29, 0.717) is 13.0 Å². The molecule has 0 aliphatic carbocycles. The summed E-state index contributed by atoms with van der Waals surface area (Å²) in [5.74, 6) is -0.109. The maximum Gasteiger partial charge on any atom is 0.433 e. The normalized spacial score (nSPS) is 11.3. The summed E-state index contributed by atoms with van der Waals surface area (Å²) in [5.41, 5.74) is -0.0319. The maximum atomic E-state index is 12.9. The first-order valence-corrected chi connectivity index (χ1v) is 6.93. The summed E-state index contributed by atoms with van der Waals surface area (Å²) < 4.78 is 38.6. The van der Waals surface area contributed by atoms with Gasteiger partial charge in [-0.3, -0.25) is 4.98 Å². The fourth-order valence-electron chi connectivity index (χ4n) is 1.81. The first kappa shape index (κ1) is 16.9. The van der Waals surface area contributed by atoms with Crippen molar-refractivity contribution in [1.82, 2.24) is 15.0 Å². The first-order valence-electron chi connectivity index (χ1n) is 6.93. The summed E-state index contributed by atoms with van der Waals surface area (Å²) >= 11 is 0. The summed E-state index contributed by atoms with van der Waals surface area (Å²) in [4.78, 5) is 11.3. The van der Waals surface area contributed by atoms with Gasteiger partial charge in [-0.15, -0.1) is 0 Å². The Hall–Kier alpha value is -2.42. The monoisotopic (exact) mass is 327 g/mol. The molecule has 0 spiro atoms. The lowest BCUT2D eigenvalue weighted by atomic mass is 10.2. The van der Waals surface area contributed by atoms with Gasteiger partial charge in [0.2, 0.25) is 5.95 Å². The molecule has 6 nitrogen and oxygen atoms in total. The van der Waals surface area contributed by atoms with Crippen LogP contribution >= 0.6 is 0 Å². The third-order valence-electron chi connectivity index (χ3n) is 2.88. The molecule has 0 aromatic carbocycles. The lowest BCUT2D eigenvalue weighted by molar-refractivity contribution is -0.141. The molecule has 0 saturated carbocycles. The van der Waals surface area contributed by atoms with Crippen LogP contribution in [0.1, 0.15) is 11.3 Å². The SMILES string of the molecule is OCCNc1nc(NCCc2ccncc2)cc(C(F)(F)F)n1. The molecule has 23 heavy (non-hydrogen) atoms. The van der Waals surface area contributed by atoms with Gasteiger partial charge in [-0.2, -0.15) is 18.2 Å². The highest BCUT2D eigenvalue weighted by Gasteiger charge is 2.33. The Labute approximate surface area is 130 Å². The minimum Gasteiger partial charge on any atom is -0.395 e. The van der Waals surface area contributed by atoms with Crippen LogP contribution in [0.2, 0.25) is 0 Å². The number of pyridine rings is 1. The lowest BCUT2D eigenvalue weighted by Gasteiger charge is -2.12. The van der Waals surface area contributed by atoms with Gasteiger partial charge in [-0.05, 0) is 24.1 Å². The average molecular weight is 327 g/mol. The second kappa shape index (κ2) is 7.73. The molecule has 2 aromatic rings. The number of nitrogens with zero attached hydrogens (tertiary/aromatic N) is 3. The Balaban J connectivity index is 2.07. The number of alkyl halides is 3. The molecule has 2 rings (SSSR count). The van der Waals surface area contributed by atoms with Crippen LogP contribution < -0.4 is 10.6 Å². The number of hydrogen-bond acceptors (Lipinski definition) is 6. The number of halogens is 3. The van der Waals surface area contributed by atoms with Crippen LogP contribution in [-0.4, -0.2) is 39.8 Å². The van der Waals surface area contributed by atoms with Crippen molar-refractivity contribution in [1.29, 1.82) is 0 Å². The summed E-state index contributed by atoms with van der Waals surface area (Å²) in [7, 11) is 0. The van der Waals surface area contributed by atoms with Gasteiger partial charge in [0.05, 0.1) is 6.61 Å². The predicted octanol–water partition coefficient (Wildman–Crippen LogP) is 1.95. The van der Waals surface area contributed by atoms with Crippen LogP contribution in [0.15, 0.2) is 30.6 Å². The van der Waals surface area contributed by atoms with Crippen molar-refractivity contribution in [2.45, 2.75) is 12.6 Å². The highest BCUT2D eigenvalue weighted by Crippen LogP contribution is 2.29. The minimum absolute atomic E-state index is 0.0672. The molecule has 9 heteroatoms. The van der Waals surface area contributed by atoms with Crippen molar-refractivity contribution in [3.63, 3.8) is 0 Å². The van der Waals surface area contributed by atoms with E-state index >= 15 is 0 Å². The van der Waals surface area contributed by atoms with Crippen LogP contribution in [0.25, 0.3) is 0 Å². The third kappa shape index (κ3) is 5.37. The Morgan fingerprint density at radius 2 is 1.78 bits per heavy atom. The van der Waals surface area contributed by atoms with E-state index in [-0.39, 0.29) is 24.9 Å². The van der Waals surface area contributed by atoms with Crippen molar-refractivity contribution in [3.8, 4) is 0 Å². The largest absolute Gasteiger partial charge is 0.433 e. The molecule has 3 N–H and O–H groups in total. The van der Waals surface area contributed by atoms with Crippen molar-refractivity contribution in [2.75, 3.05) is 30.3 Å². The van der Waals surface area contributed by atoms with Gasteiger partial charge in [0, 0.05) is 31.5 Å². The number of hydrogen-bond donors (Lipinski definition) is 3. The van der Waals surface area contributed by atoms with Gasteiger partial charge >= 0.3 is 6.18 Å². The lowest BCUT2D eigenvalue weighted by Crippen LogP contribution is -2.16. The van der Waals surface area contributed by atoms with E-state index in [1.54, 1.807) is 12.4 Å². The minimum atomic E-state index is -4.57. The Morgan fingerprint density at radius 1 is 1.04 bits per heavy atom. The zero-order chi connectivity index (χ0) is 16.7. The first-order chi connectivity index (χ1) is 11.0. The third-order valence-corrected chi connectivity index (χ3v) is 2.88. The molecule has 124 valence electrons. The van der Waals surface area contributed by atoms with Gasteiger partial charge in [-0.25, -0.2) is 4.98 Å². The van der Waals surface area contributed by atoms with Gasteiger partial charge in [0.1, 0.15) is 5.82 Å². The molecule has 0 amide bonds. The van der Waals surface area contributed by atoms with Crippen molar-refractivity contribution < 1.29 is 18.3 Å². The molecule has 2 aromatic heterocycles. The van der Waals surface area contributed by atoms with E-state index in [4.69, 9.17) is 5.11 Å². The quantitative estimate of drug-likeness (QED) is 0.721. The molecular weight excluding hydrogens is 311 g/mol. The number of nitrogens with one attached hydrogen (secondary N) is 2. The summed E-state index contributed by atoms with van der Waals surface area (Å²) in [6, 6.07) is 4.52. The average Bonchev–Trinajstić information content (AvgIpc) is 2.53. The van der Waals surface area contributed by atoms with E-state index in [2.05, 4.69) is 25.6 Å². The molecular formula is C14H16F3N5O. The Bertz CT molecular complexity index is 622. The molecule has 0 atom stereocenters. The zero-order valence-corrected chi connectivity index (χ0v) is 12.1.